The Morgan fingerprint density at radius 3 is 2.43 bits per heavy atom. The minimum absolute atomic E-state index is 0.611. The number of aryl methyl sites for hydroxylation is 1. The van der Waals surface area contributed by atoms with Crippen molar-refractivity contribution in [1.29, 1.82) is 0 Å². The summed E-state index contributed by atoms with van der Waals surface area (Å²) in [6, 6.07) is 18.1. The second kappa shape index (κ2) is 11.2. The van der Waals surface area contributed by atoms with Gasteiger partial charge in [0.15, 0.2) is 11.5 Å². The lowest BCUT2D eigenvalue weighted by molar-refractivity contribution is 0.174. The second-order valence-electron chi connectivity index (χ2n) is 8.32. The lowest BCUT2D eigenvalue weighted by Crippen LogP contribution is -2.23. The minimum atomic E-state index is 0.611. The Morgan fingerprint density at radius 1 is 0.857 bits per heavy atom. The summed E-state index contributed by atoms with van der Waals surface area (Å²) in [6.07, 6.45) is 0. The number of rotatable bonds is 2. The molecule has 2 aliphatic heterocycles. The standard InChI is InChI=1S/C14H17N3O.C12H11NO2.C2H6/c1-16-7-8-17(10-16)14-6-3-11-9-12(18-2)4-5-13(11)15-14;1-8-2-3-9-10(13-8)4-5-11-12(9)15-7-6-14-11;1-2/h3-6,9H,7-8,10H2,1-2H3;2-5H,6-7H2,1H3;1-2H3. The molecule has 2 aromatic heterocycles. The highest BCUT2D eigenvalue weighted by molar-refractivity contribution is 5.88. The predicted octanol–water partition coefficient (Wildman–Crippen LogP) is 5.29. The van der Waals surface area contributed by atoms with E-state index in [1.807, 2.05) is 63.2 Å². The van der Waals surface area contributed by atoms with E-state index in [-0.39, 0.29) is 0 Å². The van der Waals surface area contributed by atoms with Crippen molar-refractivity contribution in [3.63, 3.8) is 0 Å². The van der Waals surface area contributed by atoms with E-state index in [1.165, 1.54) is 0 Å². The Balaban J connectivity index is 0.000000156. The van der Waals surface area contributed by atoms with Crippen LogP contribution in [0.5, 0.6) is 17.2 Å². The van der Waals surface area contributed by atoms with E-state index < -0.39 is 0 Å². The lowest BCUT2D eigenvalue weighted by atomic mass is 10.1. The summed E-state index contributed by atoms with van der Waals surface area (Å²) < 4.78 is 16.3. The van der Waals surface area contributed by atoms with Gasteiger partial charge in [0.1, 0.15) is 24.8 Å². The van der Waals surface area contributed by atoms with Crippen LogP contribution in [0.2, 0.25) is 0 Å². The molecular weight excluding hydrogens is 440 g/mol. The van der Waals surface area contributed by atoms with E-state index in [0.717, 1.165) is 70.3 Å². The molecule has 4 aromatic rings. The Kier molecular flexibility index (Phi) is 7.87. The number of ether oxygens (including phenoxy) is 3. The molecule has 0 N–H and O–H groups in total. The summed E-state index contributed by atoms with van der Waals surface area (Å²) in [5.41, 5.74) is 2.99. The van der Waals surface area contributed by atoms with Gasteiger partial charge in [-0.1, -0.05) is 13.8 Å². The van der Waals surface area contributed by atoms with Crippen LogP contribution >= 0.6 is 0 Å². The van der Waals surface area contributed by atoms with E-state index in [1.54, 1.807) is 7.11 Å². The zero-order chi connectivity index (χ0) is 24.8. The molecule has 0 atom stereocenters. The first-order valence-electron chi connectivity index (χ1n) is 12.1. The Morgan fingerprint density at radius 2 is 1.66 bits per heavy atom. The SMILES string of the molecule is CC.COc1ccc2nc(N3CCN(C)C3)ccc2c1.Cc1ccc2c3c(ccc2n1)OCCO3. The molecule has 7 heteroatoms. The van der Waals surface area contributed by atoms with E-state index in [0.29, 0.717) is 13.2 Å². The van der Waals surface area contributed by atoms with Crippen LogP contribution in [-0.2, 0) is 0 Å². The zero-order valence-electron chi connectivity index (χ0n) is 21.2. The first kappa shape index (κ1) is 24.5. The van der Waals surface area contributed by atoms with Gasteiger partial charge in [0.25, 0.3) is 0 Å². The van der Waals surface area contributed by atoms with Crippen LogP contribution in [0.25, 0.3) is 21.8 Å². The molecule has 0 spiro atoms. The highest BCUT2D eigenvalue weighted by Gasteiger charge is 2.18. The third kappa shape index (κ3) is 5.57. The fraction of sp³-hybridized carbons (Fsp3) is 0.357. The normalized spacial score (nSPS) is 14.7. The van der Waals surface area contributed by atoms with Crippen molar-refractivity contribution < 1.29 is 14.2 Å². The quantitative estimate of drug-likeness (QED) is 0.391. The molecule has 1 saturated heterocycles. The molecule has 2 aliphatic rings. The third-order valence-electron chi connectivity index (χ3n) is 5.88. The number of methoxy groups -OCH3 is 1. The zero-order valence-corrected chi connectivity index (χ0v) is 21.2. The number of nitrogens with zero attached hydrogens (tertiary/aromatic N) is 4. The topological polar surface area (TPSA) is 60.0 Å². The largest absolute Gasteiger partial charge is 0.497 e. The van der Waals surface area contributed by atoms with Gasteiger partial charge in [-0.15, -0.1) is 0 Å². The lowest BCUT2D eigenvalue weighted by Gasteiger charge is -2.19. The number of pyridine rings is 2. The average molecular weight is 475 g/mol. The van der Waals surface area contributed by atoms with Crippen molar-refractivity contribution in [3.8, 4) is 17.2 Å². The van der Waals surface area contributed by atoms with Crippen LogP contribution in [0.4, 0.5) is 5.82 Å². The van der Waals surface area contributed by atoms with Crippen LogP contribution in [0.3, 0.4) is 0 Å². The van der Waals surface area contributed by atoms with Crippen LogP contribution in [0.1, 0.15) is 19.5 Å². The second-order valence-corrected chi connectivity index (χ2v) is 8.32. The van der Waals surface area contributed by atoms with Crippen LogP contribution in [-0.4, -0.2) is 62.0 Å². The van der Waals surface area contributed by atoms with Gasteiger partial charge in [-0.25, -0.2) is 4.98 Å². The maximum atomic E-state index is 5.61. The van der Waals surface area contributed by atoms with Gasteiger partial charge < -0.3 is 19.1 Å². The molecule has 35 heavy (non-hydrogen) atoms. The third-order valence-corrected chi connectivity index (χ3v) is 5.88. The first-order chi connectivity index (χ1) is 17.1. The molecule has 0 amide bonds. The summed E-state index contributed by atoms with van der Waals surface area (Å²) >= 11 is 0. The maximum Gasteiger partial charge on any atom is 0.170 e. The van der Waals surface area contributed by atoms with Gasteiger partial charge in [-0.2, -0.15) is 0 Å². The van der Waals surface area contributed by atoms with Gasteiger partial charge in [0, 0.05) is 29.6 Å². The first-order valence-corrected chi connectivity index (χ1v) is 12.1. The Hall–Kier alpha value is -3.58. The number of likely N-dealkylation sites (N-methyl/N-ethyl adjacent to an activating group) is 1. The molecule has 0 bridgehead atoms. The summed E-state index contributed by atoms with van der Waals surface area (Å²) in [4.78, 5) is 13.7. The number of fused-ring (bicyclic) bond motifs is 4. The van der Waals surface area contributed by atoms with E-state index in [4.69, 9.17) is 19.2 Å². The molecule has 184 valence electrons. The Labute approximate surface area is 207 Å². The Bertz CT molecular complexity index is 1290. The number of hydrogen-bond acceptors (Lipinski definition) is 7. The molecule has 0 aliphatic carbocycles. The molecule has 7 nitrogen and oxygen atoms in total. The van der Waals surface area contributed by atoms with Crippen molar-refractivity contribution >= 4 is 27.6 Å². The molecule has 1 fully saturated rings. The fourth-order valence-electron chi connectivity index (χ4n) is 4.12. The van der Waals surface area contributed by atoms with Crippen LogP contribution in [0, 0.1) is 6.92 Å². The predicted molar refractivity (Wildman–Crippen MR) is 142 cm³/mol. The van der Waals surface area contributed by atoms with Gasteiger partial charge in [0.2, 0.25) is 0 Å². The van der Waals surface area contributed by atoms with Crippen LogP contribution in [0.15, 0.2) is 54.6 Å². The minimum Gasteiger partial charge on any atom is -0.497 e. The molecule has 0 radical (unpaired) electrons. The molecule has 0 saturated carbocycles. The highest BCUT2D eigenvalue weighted by atomic mass is 16.6. The number of benzene rings is 2. The average Bonchev–Trinajstić information content (AvgIpc) is 3.35. The van der Waals surface area contributed by atoms with Gasteiger partial charge in [-0.3, -0.25) is 9.88 Å². The molecule has 6 rings (SSSR count). The summed E-state index contributed by atoms with van der Waals surface area (Å²) in [5, 5.41) is 2.14. The number of aromatic nitrogens is 2. The van der Waals surface area contributed by atoms with Gasteiger partial charge >= 0.3 is 0 Å². The van der Waals surface area contributed by atoms with Crippen LogP contribution < -0.4 is 19.1 Å². The monoisotopic (exact) mass is 474 g/mol. The van der Waals surface area contributed by atoms with Crippen molar-refractivity contribution in [3.05, 3.63) is 60.3 Å². The summed E-state index contributed by atoms with van der Waals surface area (Å²) in [5.74, 6) is 3.57. The van der Waals surface area contributed by atoms with Gasteiger partial charge in [-0.05, 0) is 68.6 Å². The highest BCUT2D eigenvalue weighted by Crippen LogP contribution is 2.36. The number of hydrogen-bond donors (Lipinski definition) is 0. The molecular formula is C28H34N4O3. The molecule has 0 unspecified atom stereocenters. The van der Waals surface area contributed by atoms with Crippen molar-refractivity contribution in [1.82, 2.24) is 14.9 Å². The summed E-state index contributed by atoms with van der Waals surface area (Å²) in [7, 11) is 3.81. The molecule has 4 heterocycles. The van der Waals surface area contributed by atoms with Gasteiger partial charge in [0.05, 0.1) is 24.8 Å². The van der Waals surface area contributed by atoms with Crippen molar-refractivity contribution in [2.45, 2.75) is 20.8 Å². The molecule has 2 aromatic carbocycles. The fourth-order valence-corrected chi connectivity index (χ4v) is 4.12. The summed E-state index contributed by atoms with van der Waals surface area (Å²) in [6.45, 7) is 10.3. The number of anilines is 1. The van der Waals surface area contributed by atoms with Crippen molar-refractivity contribution in [2.75, 3.05) is 52.0 Å². The van der Waals surface area contributed by atoms with E-state index >= 15 is 0 Å². The van der Waals surface area contributed by atoms with Crippen molar-refractivity contribution in [2.24, 2.45) is 0 Å². The maximum absolute atomic E-state index is 5.61. The van der Waals surface area contributed by atoms with E-state index in [2.05, 4.69) is 34.0 Å². The smallest absolute Gasteiger partial charge is 0.170 e. The van der Waals surface area contributed by atoms with E-state index in [9.17, 15) is 0 Å².